The first-order valence-corrected chi connectivity index (χ1v) is 19.2. The van der Waals surface area contributed by atoms with E-state index in [1.54, 1.807) is 36.4 Å². The van der Waals surface area contributed by atoms with E-state index in [1.807, 2.05) is 30.3 Å². The summed E-state index contributed by atoms with van der Waals surface area (Å²) in [5, 5.41) is 3.62. The Morgan fingerprint density at radius 3 is 2.11 bits per heavy atom. The molecular weight excluding hydrogens is 718 g/mol. The third-order valence-electron chi connectivity index (χ3n) is 9.40. The number of halogens is 1. The molecule has 0 spiro atoms. The second-order valence-corrected chi connectivity index (χ2v) is 15.0. The maximum Gasteiger partial charge on any atom is 0.265 e. The van der Waals surface area contributed by atoms with Gasteiger partial charge in [-0.25, -0.2) is 8.42 Å². The maximum absolute atomic E-state index is 15.0. The highest BCUT2D eigenvalue weighted by molar-refractivity contribution is 7.92. The molecule has 0 radical (unpaired) electrons. The molecule has 2 amide bonds. The Hall–Kier alpha value is -4.94. The third kappa shape index (κ3) is 9.54. The number of anilines is 1. The topological polar surface area (TPSA) is 124 Å². The van der Waals surface area contributed by atoms with Gasteiger partial charge in [0, 0.05) is 36.2 Å². The molecule has 53 heavy (non-hydrogen) atoms. The molecule has 5 rings (SSSR count). The second-order valence-electron chi connectivity index (χ2n) is 12.7. The largest absolute Gasteiger partial charge is 0.497 e. The number of nitrogens with one attached hydrogen (secondary N) is 1. The molecule has 0 aliphatic heterocycles. The Balaban J connectivity index is 1.64. The number of methoxy groups -OCH3 is 4. The zero-order valence-corrected chi connectivity index (χ0v) is 32.0. The summed E-state index contributed by atoms with van der Waals surface area (Å²) in [6.07, 6.45) is 4.98. The zero-order valence-electron chi connectivity index (χ0n) is 30.4. The molecule has 13 heteroatoms. The lowest BCUT2D eigenvalue weighted by atomic mass is 9.94. The van der Waals surface area contributed by atoms with E-state index >= 15 is 4.79 Å². The normalized spacial score (nSPS) is 13.8. The summed E-state index contributed by atoms with van der Waals surface area (Å²) in [7, 11) is 1.19. The van der Waals surface area contributed by atoms with Crippen LogP contribution in [-0.4, -0.2) is 72.2 Å². The number of carbonyl (C=O) groups excluding carboxylic acids is 2. The molecule has 11 nitrogen and oxygen atoms in total. The quantitative estimate of drug-likeness (QED) is 0.135. The molecule has 4 aromatic carbocycles. The fourth-order valence-electron chi connectivity index (χ4n) is 6.52. The first kappa shape index (κ1) is 39.3. The molecular formula is C40H46ClN3O8S. The second kappa shape index (κ2) is 18.2. The van der Waals surface area contributed by atoms with Gasteiger partial charge in [0.05, 0.1) is 39.0 Å². The van der Waals surface area contributed by atoms with Crippen molar-refractivity contribution in [3.63, 3.8) is 0 Å². The SMILES string of the molecule is COc1ccc(OC)c(N(CC(=O)N(Cc2ccccc2Cl)[C@@H](Cc2ccccc2)C(=O)NC2CCCCC2)S(=O)(=O)c2ccc(OC)c(OC)c2)c1. The van der Waals surface area contributed by atoms with Gasteiger partial charge < -0.3 is 29.2 Å². The van der Waals surface area contributed by atoms with E-state index < -0.39 is 28.5 Å². The fourth-order valence-corrected chi connectivity index (χ4v) is 8.15. The molecule has 0 aromatic heterocycles. The van der Waals surface area contributed by atoms with E-state index in [0.29, 0.717) is 22.1 Å². The minimum atomic E-state index is -4.52. The number of nitrogens with zero attached hydrogens (tertiary/aromatic N) is 2. The summed E-state index contributed by atoms with van der Waals surface area (Å²) in [4.78, 5) is 30.7. The van der Waals surface area contributed by atoms with E-state index in [9.17, 15) is 13.2 Å². The Kier molecular flexibility index (Phi) is 13.5. The van der Waals surface area contributed by atoms with Crippen LogP contribution in [-0.2, 0) is 32.6 Å². The summed E-state index contributed by atoms with van der Waals surface area (Å²) < 4.78 is 52.4. The van der Waals surface area contributed by atoms with Crippen molar-refractivity contribution in [1.82, 2.24) is 10.2 Å². The number of carbonyl (C=O) groups is 2. The minimum absolute atomic E-state index is 0.0326. The van der Waals surface area contributed by atoms with Crippen molar-refractivity contribution in [2.75, 3.05) is 39.3 Å². The van der Waals surface area contributed by atoms with Crippen LogP contribution < -0.4 is 28.6 Å². The van der Waals surface area contributed by atoms with Gasteiger partial charge in [0.2, 0.25) is 11.8 Å². The maximum atomic E-state index is 15.0. The van der Waals surface area contributed by atoms with Gasteiger partial charge in [-0.05, 0) is 54.3 Å². The number of hydrogen-bond donors (Lipinski definition) is 1. The van der Waals surface area contributed by atoms with E-state index in [-0.39, 0.29) is 47.0 Å². The van der Waals surface area contributed by atoms with Crippen molar-refractivity contribution < 1.29 is 37.0 Å². The van der Waals surface area contributed by atoms with Crippen molar-refractivity contribution in [2.24, 2.45) is 0 Å². The van der Waals surface area contributed by atoms with Crippen molar-refractivity contribution in [1.29, 1.82) is 0 Å². The average Bonchev–Trinajstić information content (AvgIpc) is 3.18. The van der Waals surface area contributed by atoms with Gasteiger partial charge in [0.25, 0.3) is 10.0 Å². The van der Waals surface area contributed by atoms with Crippen LogP contribution in [0.5, 0.6) is 23.0 Å². The number of benzene rings is 4. The molecule has 1 aliphatic rings. The first-order valence-electron chi connectivity index (χ1n) is 17.4. The van der Waals surface area contributed by atoms with Gasteiger partial charge in [-0.2, -0.15) is 0 Å². The van der Waals surface area contributed by atoms with Crippen LogP contribution in [0.1, 0.15) is 43.2 Å². The van der Waals surface area contributed by atoms with E-state index in [0.717, 1.165) is 42.0 Å². The number of rotatable bonds is 16. The Morgan fingerprint density at radius 2 is 1.45 bits per heavy atom. The Labute approximate surface area is 316 Å². The zero-order chi connectivity index (χ0) is 38.0. The predicted octanol–water partition coefficient (Wildman–Crippen LogP) is 6.66. The highest BCUT2D eigenvalue weighted by Crippen LogP contribution is 2.38. The van der Waals surface area contributed by atoms with E-state index in [4.69, 9.17) is 30.5 Å². The first-order chi connectivity index (χ1) is 25.6. The van der Waals surface area contributed by atoms with Gasteiger partial charge in [-0.3, -0.25) is 13.9 Å². The molecule has 1 N–H and O–H groups in total. The standard InChI is InChI=1S/C40H46ClN3O8S/c1-49-31-19-21-36(50-2)34(24-31)44(53(47,48)32-20-22-37(51-3)38(25-32)52-4)27-39(45)43(26-29-15-11-12-18-33(29)41)35(23-28-13-7-5-8-14-28)40(46)42-30-16-9-6-10-17-30/h5,7-8,11-15,18-22,24-25,30,35H,6,9-10,16-17,23,26-27H2,1-4H3,(H,42,46)/t35-/m0/s1. The molecule has 0 saturated heterocycles. The highest BCUT2D eigenvalue weighted by atomic mass is 35.5. The van der Waals surface area contributed by atoms with Gasteiger partial charge in [0.1, 0.15) is 24.1 Å². The van der Waals surface area contributed by atoms with Gasteiger partial charge in [-0.1, -0.05) is 79.4 Å². The average molecular weight is 764 g/mol. The number of amides is 2. The number of hydrogen-bond acceptors (Lipinski definition) is 8. The number of ether oxygens (including phenoxy) is 4. The van der Waals surface area contributed by atoms with Gasteiger partial charge in [0.15, 0.2) is 11.5 Å². The fraction of sp³-hybridized carbons (Fsp3) is 0.350. The smallest absolute Gasteiger partial charge is 0.265 e. The molecule has 0 heterocycles. The van der Waals surface area contributed by atoms with Crippen LogP contribution in [0.2, 0.25) is 5.02 Å². The summed E-state index contributed by atoms with van der Waals surface area (Å²) in [5.74, 6) is 0.0541. The molecule has 0 unspecified atom stereocenters. The van der Waals surface area contributed by atoms with Crippen LogP contribution >= 0.6 is 11.6 Å². The van der Waals surface area contributed by atoms with Crippen molar-refractivity contribution in [2.45, 2.75) is 62.0 Å². The van der Waals surface area contributed by atoms with Crippen LogP contribution in [0.3, 0.4) is 0 Å². The van der Waals surface area contributed by atoms with Crippen LogP contribution in [0.15, 0.2) is 95.9 Å². The lowest BCUT2D eigenvalue weighted by molar-refractivity contribution is -0.140. The molecule has 1 aliphatic carbocycles. The monoisotopic (exact) mass is 763 g/mol. The lowest BCUT2D eigenvalue weighted by Gasteiger charge is -2.35. The Bertz CT molecular complexity index is 1970. The van der Waals surface area contributed by atoms with Crippen molar-refractivity contribution in [3.05, 3.63) is 107 Å². The summed E-state index contributed by atoms with van der Waals surface area (Å²) in [6, 6.07) is 24.3. The predicted molar refractivity (Wildman–Crippen MR) is 205 cm³/mol. The third-order valence-corrected chi connectivity index (χ3v) is 11.5. The van der Waals surface area contributed by atoms with Crippen LogP contribution in [0.4, 0.5) is 5.69 Å². The minimum Gasteiger partial charge on any atom is -0.497 e. The molecule has 1 fully saturated rings. The summed E-state index contributed by atoms with van der Waals surface area (Å²) in [6.45, 7) is -0.764. The van der Waals surface area contributed by atoms with Crippen LogP contribution in [0.25, 0.3) is 0 Å². The Morgan fingerprint density at radius 1 is 0.792 bits per heavy atom. The van der Waals surface area contributed by atoms with E-state index in [1.165, 1.54) is 57.6 Å². The van der Waals surface area contributed by atoms with Crippen molar-refractivity contribution in [3.8, 4) is 23.0 Å². The molecule has 282 valence electrons. The van der Waals surface area contributed by atoms with Crippen LogP contribution in [0, 0.1) is 0 Å². The lowest BCUT2D eigenvalue weighted by Crippen LogP contribution is -2.55. The molecule has 4 aromatic rings. The molecule has 1 atom stereocenters. The van der Waals surface area contributed by atoms with Gasteiger partial charge >= 0.3 is 0 Å². The number of sulfonamides is 1. The van der Waals surface area contributed by atoms with Crippen molar-refractivity contribution >= 4 is 39.1 Å². The summed E-state index contributed by atoms with van der Waals surface area (Å²) >= 11 is 6.66. The summed E-state index contributed by atoms with van der Waals surface area (Å²) in [5.41, 5.74) is 1.48. The van der Waals surface area contributed by atoms with Gasteiger partial charge in [-0.15, -0.1) is 0 Å². The molecule has 0 bridgehead atoms. The molecule has 1 saturated carbocycles. The highest BCUT2D eigenvalue weighted by Gasteiger charge is 2.37. The van der Waals surface area contributed by atoms with E-state index in [2.05, 4.69) is 5.32 Å².